The van der Waals surface area contributed by atoms with Crippen molar-refractivity contribution in [3.63, 3.8) is 0 Å². The van der Waals surface area contributed by atoms with Gasteiger partial charge in [0.1, 0.15) is 5.60 Å². The molecule has 1 unspecified atom stereocenters. The fraction of sp³-hybridized carbons (Fsp3) is 0.550. The number of carbonyl (C=O) groups excluding carboxylic acids is 1. The molecule has 128 valence electrons. The first-order valence-electron chi connectivity index (χ1n) is 8.99. The summed E-state index contributed by atoms with van der Waals surface area (Å²) in [4.78, 5) is 15.9. The number of benzene rings is 1. The van der Waals surface area contributed by atoms with E-state index in [0.29, 0.717) is 17.3 Å². The summed E-state index contributed by atoms with van der Waals surface area (Å²) in [7, 11) is 0. The minimum absolute atomic E-state index is 0.156. The van der Waals surface area contributed by atoms with E-state index >= 15 is 0 Å². The average Bonchev–Trinajstić information content (AvgIpc) is 2.85. The Bertz CT molecular complexity index is 659. The molecule has 0 spiro atoms. The highest BCUT2D eigenvalue weighted by Crippen LogP contribution is 2.47. The molecule has 2 saturated heterocycles. The highest BCUT2D eigenvalue weighted by Gasteiger charge is 2.53. The van der Waals surface area contributed by atoms with Gasteiger partial charge in [-0.1, -0.05) is 24.6 Å². The molecule has 0 bridgehead atoms. The molecule has 3 aliphatic rings. The summed E-state index contributed by atoms with van der Waals surface area (Å²) in [6, 6.07) is 11.4. The maximum Gasteiger partial charge on any atom is 0.331 e. The van der Waals surface area contributed by atoms with Crippen LogP contribution >= 0.6 is 11.8 Å². The number of hydrogen-bond donors (Lipinski definition) is 0. The van der Waals surface area contributed by atoms with Gasteiger partial charge in [-0.2, -0.15) is 0 Å². The van der Waals surface area contributed by atoms with Gasteiger partial charge in [0.15, 0.2) is 0 Å². The third kappa shape index (κ3) is 2.70. The summed E-state index contributed by atoms with van der Waals surface area (Å²) >= 11 is 1.94. The number of carbonyl (C=O) groups is 1. The van der Waals surface area contributed by atoms with Crippen molar-refractivity contribution in [1.82, 2.24) is 4.90 Å². The van der Waals surface area contributed by atoms with Crippen LogP contribution < -0.4 is 0 Å². The van der Waals surface area contributed by atoms with Crippen LogP contribution in [0.5, 0.6) is 0 Å². The van der Waals surface area contributed by atoms with Crippen molar-refractivity contribution >= 4 is 17.7 Å². The first kappa shape index (κ1) is 16.2. The van der Waals surface area contributed by atoms with Crippen LogP contribution in [0.3, 0.4) is 0 Å². The standard InChI is InChI=1S/C20H25NO2S/c1-14-17(24-16-8-4-3-5-9-16)12-15-13-19(22)23-20(15,2)18-10-6-7-11-21(14)18/h3-5,8-9,13-14,17-18H,6-7,10-12H2,1-2H3/t14-,17-,18?,20-/m0/s1. The molecule has 4 heteroatoms. The molecule has 0 aromatic heterocycles. The summed E-state index contributed by atoms with van der Waals surface area (Å²) < 4.78 is 5.87. The second-order valence-electron chi connectivity index (χ2n) is 7.36. The second-order valence-corrected chi connectivity index (χ2v) is 8.67. The average molecular weight is 343 g/mol. The predicted molar refractivity (Wildman–Crippen MR) is 97.1 cm³/mol. The van der Waals surface area contributed by atoms with Gasteiger partial charge in [-0.05, 0) is 57.4 Å². The molecule has 0 amide bonds. The van der Waals surface area contributed by atoms with E-state index < -0.39 is 5.60 Å². The van der Waals surface area contributed by atoms with E-state index in [1.54, 1.807) is 6.08 Å². The Morgan fingerprint density at radius 1 is 1.25 bits per heavy atom. The fourth-order valence-corrected chi connectivity index (χ4v) is 5.86. The molecular weight excluding hydrogens is 318 g/mol. The summed E-state index contributed by atoms with van der Waals surface area (Å²) in [6.45, 7) is 5.60. The number of fused-ring (bicyclic) bond motifs is 3. The summed E-state index contributed by atoms with van der Waals surface area (Å²) in [5, 5.41) is 0.440. The van der Waals surface area contributed by atoms with Crippen LogP contribution in [0.1, 0.15) is 39.5 Å². The lowest BCUT2D eigenvalue weighted by Crippen LogP contribution is -2.56. The van der Waals surface area contributed by atoms with Crippen molar-refractivity contribution < 1.29 is 9.53 Å². The zero-order valence-corrected chi connectivity index (χ0v) is 15.2. The SMILES string of the molecule is C[C@H]1[C@@H](Sc2ccccc2)CC2=CC(=O)O[C@]2(C)C2CCCCN21. The van der Waals surface area contributed by atoms with Crippen molar-refractivity contribution in [3.8, 4) is 0 Å². The van der Waals surface area contributed by atoms with Gasteiger partial charge in [-0.25, -0.2) is 4.79 Å². The smallest absolute Gasteiger partial charge is 0.331 e. The van der Waals surface area contributed by atoms with E-state index in [0.717, 1.165) is 19.4 Å². The molecule has 0 saturated carbocycles. The molecule has 1 aromatic carbocycles. The van der Waals surface area contributed by atoms with E-state index in [1.165, 1.54) is 23.3 Å². The Hall–Kier alpha value is -1.26. The summed E-state index contributed by atoms with van der Waals surface area (Å²) in [6.07, 6.45) is 6.28. The molecule has 0 radical (unpaired) electrons. The third-order valence-corrected chi connectivity index (χ3v) is 7.34. The molecular formula is C20H25NO2S. The summed E-state index contributed by atoms with van der Waals surface area (Å²) in [5.74, 6) is -0.156. The molecule has 3 aliphatic heterocycles. The molecule has 3 nitrogen and oxygen atoms in total. The maximum atomic E-state index is 12.0. The zero-order valence-electron chi connectivity index (χ0n) is 14.4. The molecule has 24 heavy (non-hydrogen) atoms. The highest BCUT2D eigenvalue weighted by atomic mass is 32.2. The normalized spacial score (nSPS) is 36.3. The first-order chi connectivity index (χ1) is 11.6. The van der Waals surface area contributed by atoms with Gasteiger partial charge in [-0.3, -0.25) is 4.90 Å². The number of rotatable bonds is 2. The Balaban J connectivity index is 1.69. The highest BCUT2D eigenvalue weighted by molar-refractivity contribution is 8.00. The van der Waals surface area contributed by atoms with Crippen LogP contribution in [0, 0.1) is 0 Å². The van der Waals surface area contributed by atoms with Gasteiger partial charge in [0, 0.05) is 22.3 Å². The Labute approximate surface area is 148 Å². The lowest BCUT2D eigenvalue weighted by atomic mass is 9.83. The number of esters is 1. The van der Waals surface area contributed by atoms with E-state index in [-0.39, 0.29) is 5.97 Å². The Morgan fingerprint density at radius 2 is 2.04 bits per heavy atom. The molecule has 2 fully saturated rings. The summed E-state index contributed by atoms with van der Waals surface area (Å²) in [5.41, 5.74) is 0.764. The molecule has 0 aliphatic carbocycles. The number of nitrogens with zero attached hydrogens (tertiary/aromatic N) is 1. The number of hydrogen-bond acceptors (Lipinski definition) is 4. The van der Waals surface area contributed by atoms with E-state index in [4.69, 9.17) is 4.74 Å². The quantitative estimate of drug-likeness (QED) is 0.758. The van der Waals surface area contributed by atoms with E-state index in [2.05, 4.69) is 49.1 Å². The lowest BCUT2D eigenvalue weighted by molar-refractivity contribution is -0.151. The Morgan fingerprint density at radius 3 is 2.83 bits per heavy atom. The minimum Gasteiger partial charge on any atom is -0.450 e. The minimum atomic E-state index is -0.433. The third-order valence-electron chi connectivity index (χ3n) is 5.94. The molecule has 0 N–H and O–H groups in total. The van der Waals surface area contributed by atoms with Crippen LogP contribution in [-0.4, -0.2) is 40.3 Å². The van der Waals surface area contributed by atoms with Crippen molar-refractivity contribution in [2.24, 2.45) is 0 Å². The number of thioether (sulfide) groups is 1. The van der Waals surface area contributed by atoms with Gasteiger partial charge in [0.2, 0.25) is 0 Å². The van der Waals surface area contributed by atoms with Crippen molar-refractivity contribution in [2.75, 3.05) is 6.54 Å². The predicted octanol–water partition coefficient (Wildman–Crippen LogP) is 4.04. The topological polar surface area (TPSA) is 29.5 Å². The van der Waals surface area contributed by atoms with Gasteiger partial charge < -0.3 is 4.74 Å². The molecule has 4 atom stereocenters. The van der Waals surface area contributed by atoms with Gasteiger partial charge in [0.05, 0.1) is 6.04 Å². The second kappa shape index (κ2) is 6.23. The van der Waals surface area contributed by atoms with Crippen LogP contribution in [0.2, 0.25) is 0 Å². The largest absolute Gasteiger partial charge is 0.450 e. The number of ether oxygens (including phenoxy) is 1. The van der Waals surface area contributed by atoms with Crippen LogP contribution in [-0.2, 0) is 9.53 Å². The number of piperidine rings is 1. The maximum absolute atomic E-state index is 12.0. The fourth-order valence-electron chi connectivity index (χ4n) is 4.58. The van der Waals surface area contributed by atoms with Crippen LogP contribution in [0.4, 0.5) is 0 Å². The van der Waals surface area contributed by atoms with Crippen molar-refractivity contribution in [3.05, 3.63) is 42.0 Å². The molecule has 4 rings (SSSR count). The lowest BCUT2D eigenvalue weighted by Gasteiger charge is -2.45. The zero-order chi connectivity index (χ0) is 16.7. The van der Waals surface area contributed by atoms with Crippen LogP contribution in [0.15, 0.2) is 46.9 Å². The van der Waals surface area contributed by atoms with Gasteiger partial charge >= 0.3 is 5.97 Å². The monoisotopic (exact) mass is 343 g/mol. The van der Waals surface area contributed by atoms with E-state index in [1.807, 2.05) is 11.8 Å². The Kier molecular flexibility index (Phi) is 4.21. The van der Waals surface area contributed by atoms with Gasteiger partial charge in [0.25, 0.3) is 0 Å². The van der Waals surface area contributed by atoms with Crippen molar-refractivity contribution in [2.45, 2.75) is 67.4 Å². The van der Waals surface area contributed by atoms with Crippen LogP contribution in [0.25, 0.3) is 0 Å². The van der Waals surface area contributed by atoms with Gasteiger partial charge in [-0.15, -0.1) is 11.8 Å². The molecule has 3 heterocycles. The van der Waals surface area contributed by atoms with E-state index in [9.17, 15) is 4.79 Å². The van der Waals surface area contributed by atoms with Crippen molar-refractivity contribution in [1.29, 1.82) is 0 Å². The first-order valence-corrected chi connectivity index (χ1v) is 9.87. The molecule has 1 aromatic rings.